The first kappa shape index (κ1) is 23.1. The highest BCUT2D eigenvalue weighted by atomic mass is 32.2. The Morgan fingerprint density at radius 1 is 1.12 bits per heavy atom. The molecule has 3 N–H and O–H groups in total. The number of hydrogen-bond acceptors (Lipinski definition) is 8. The third kappa shape index (κ3) is 4.12. The van der Waals surface area contributed by atoms with Gasteiger partial charge in [0, 0.05) is 17.3 Å². The first-order chi connectivity index (χ1) is 15.1. The van der Waals surface area contributed by atoms with E-state index in [9.17, 15) is 23.1 Å². The Labute approximate surface area is 184 Å². The zero-order valence-electron chi connectivity index (χ0n) is 17.6. The van der Waals surface area contributed by atoms with Gasteiger partial charge in [0.15, 0.2) is 5.76 Å². The van der Waals surface area contributed by atoms with Crippen LogP contribution >= 0.6 is 0 Å². The molecule has 10 nitrogen and oxygen atoms in total. The summed E-state index contributed by atoms with van der Waals surface area (Å²) in [5, 5.41) is 15.7. The zero-order valence-corrected chi connectivity index (χ0v) is 18.4. The summed E-state index contributed by atoms with van der Waals surface area (Å²) in [5.41, 5.74) is 0.330. The van der Waals surface area contributed by atoms with E-state index < -0.39 is 33.7 Å². The van der Waals surface area contributed by atoms with E-state index in [0.29, 0.717) is 17.1 Å². The lowest BCUT2D eigenvalue weighted by molar-refractivity contribution is -0.139. The van der Waals surface area contributed by atoms with Gasteiger partial charge in [0.25, 0.3) is 5.91 Å². The van der Waals surface area contributed by atoms with Gasteiger partial charge in [-0.05, 0) is 43.3 Å². The maximum atomic E-state index is 13.0. The second kappa shape index (κ2) is 8.89. The van der Waals surface area contributed by atoms with E-state index in [1.807, 2.05) is 0 Å². The molecule has 11 heteroatoms. The molecule has 1 aliphatic rings. The summed E-state index contributed by atoms with van der Waals surface area (Å²) >= 11 is 0. The molecule has 0 fully saturated rings. The lowest BCUT2D eigenvalue weighted by Crippen LogP contribution is -2.31. The van der Waals surface area contributed by atoms with Gasteiger partial charge in [-0.3, -0.25) is 9.69 Å². The van der Waals surface area contributed by atoms with Crippen molar-refractivity contribution in [3.8, 4) is 11.5 Å². The Morgan fingerprint density at radius 2 is 1.78 bits per heavy atom. The summed E-state index contributed by atoms with van der Waals surface area (Å²) in [7, 11) is -1.07. The summed E-state index contributed by atoms with van der Waals surface area (Å²) in [5.74, 6) is -1.74. The topological polar surface area (TPSA) is 145 Å². The van der Waals surface area contributed by atoms with Crippen molar-refractivity contribution in [3.63, 3.8) is 0 Å². The molecule has 0 saturated heterocycles. The van der Waals surface area contributed by atoms with E-state index in [2.05, 4.69) is 0 Å². The largest absolute Gasteiger partial charge is 0.503 e. The molecule has 1 amide bonds. The fourth-order valence-corrected chi connectivity index (χ4v) is 3.94. The van der Waals surface area contributed by atoms with Gasteiger partial charge < -0.3 is 19.3 Å². The highest BCUT2D eigenvalue weighted by Crippen LogP contribution is 2.44. The van der Waals surface area contributed by atoms with Crippen molar-refractivity contribution in [1.82, 2.24) is 0 Å². The van der Waals surface area contributed by atoms with Gasteiger partial charge in [-0.25, -0.2) is 18.4 Å². The Kier molecular flexibility index (Phi) is 6.42. The van der Waals surface area contributed by atoms with Gasteiger partial charge in [-0.15, -0.1) is 0 Å². The Hall–Kier alpha value is -3.57. The second-order valence-corrected chi connectivity index (χ2v) is 8.27. The Morgan fingerprint density at radius 3 is 2.31 bits per heavy atom. The molecule has 1 aliphatic heterocycles. The number of esters is 1. The number of benzene rings is 2. The van der Waals surface area contributed by atoms with E-state index in [1.165, 1.54) is 38.5 Å². The predicted molar refractivity (Wildman–Crippen MR) is 114 cm³/mol. The van der Waals surface area contributed by atoms with Crippen LogP contribution in [0, 0.1) is 0 Å². The lowest BCUT2D eigenvalue weighted by atomic mass is 9.97. The number of nitrogens with zero attached hydrogens (tertiary/aromatic N) is 1. The molecule has 0 saturated carbocycles. The van der Waals surface area contributed by atoms with Gasteiger partial charge >= 0.3 is 5.97 Å². The lowest BCUT2D eigenvalue weighted by Gasteiger charge is -2.28. The number of aliphatic hydroxyl groups excluding tert-OH is 1. The molecule has 0 spiro atoms. The quantitative estimate of drug-likeness (QED) is 0.593. The summed E-state index contributed by atoms with van der Waals surface area (Å²) in [4.78, 5) is 26.7. The van der Waals surface area contributed by atoms with Crippen LogP contribution in [-0.4, -0.2) is 46.2 Å². The minimum absolute atomic E-state index is 0.0271. The summed E-state index contributed by atoms with van der Waals surface area (Å²) in [6.45, 7) is 1.62. The van der Waals surface area contributed by atoms with E-state index in [1.54, 1.807) is 25.1 Å². The van der Waals surface area contributed by atoms with Gasteiger partial charge in [-0.2, -0.15) is 0 Å². The van der Waals surface area contributed by atoms with Gasteiger partial charge in [0.2, 0.25) is 10.0 Å². The molecule has 0 unspecified atom stereocenters. The van der Waals surface area contributed by atoms with Crippen LogP contribution < -0.4 is 19.5 Å². The number of ether oxygens (including phenoxy) is 3. The van der Waals surface area contributed by atoms with Gasteiger partial charge in [0.05, 0.1) is 25.7 Å². The molecule has 1 heterocycles. The Balaban J connectivity index is 2.21. The third-order valence-corrected chi connectivity index (χ3v) is 5.81. The molecule has 0 aliphatic carbocycles. The number of rotatable bonds is 7. The molecular weight excluding hydrogens is 440 g/mol. The van der Waals surface area contributed by atoms with Crippen LogP contribution in [0.2, 0.25) is 0 Å². The second-order valence-electron chi connectivity index (χ2n) is 6.71. The van der Waals surface area contributed by atoms with Crippen molar-refractivity contribution in [2.24, 2.45) is 5.14 Å². The van der Waals surface area contributed by atoms with Crippen molar-refractivity contribution in [2.75, 3.05) is 25.7 Å². The molecule has 2 aromatic carbocycles. The number of anilines is 1. The number of hydrogen-bond donors (Lipinski definition) is 2. The normalized spacial score (nSPS) is 16.3. The number of methoxy groups -OCH3 is 2. The SMILES string of the molecule is CCOC(=O)C1=C(O)C(=O)N(c2ccc(S(N)(=O)=O)cc2)[C@H]1c1ccc(OC)cc1OC. The van der Waals surface area contributed by atoms with Crippen molar-refractivity contribution >= 4 is 27.6 Å². The van der Waals surface area contributed by atoms with Crippen LogP contribution in [-0.2, 0) is 24.3 Å². The van der Waals surface area contributed by atoms with Crippen molar-refractivity contribution in [1.29, 1.82) is 0 Å². The summed E-state index contributed by atoms with van der Waals surface area (Å²) < 4.78 is 38.9. The van der Waals surface area contributed by atoms with Crippen molar-refractivity contribution in [3.05, 3.63) is 59.4 Å². The fraction of sp³-hybridized carbons (Fsp3) is 0.238. The maximum absolute atomic E-state index is 13.0. The molecular formula is C21H22N2O8S. The summed E-state index contributed by atoms with van der Waals surface area (Å²) in [6.07, 6.45) is 0. The summed E-state index contributed by atoms with van der Waals surface area (Å²) in [6, 6.07) is 8.81. The van der Waals surface area contributed by atoms with Crippen LogP contribution in [0.4, 0.5) is 5.69 Å². The van der Waals surface area contributed by atoms with Crippen LogP contribution in [0.25, 0.3) is 0 Å². The van der Waals surface area contributed by atoms with Crippen LogP contribution in [0.3, 0.4) is 0 Å². The minimum Gasteiger partial charge on any atom is -0.503 e. The molecule has 0 radical (unpaired) electrons. The average molecular weight is 462 g/mol. The highest BCUT2D eigenvalue weighted by molar-refractivity contribution is 7.89. The average Bonchev–Trinajstić information content (AvgIpc) is 3.03. The highest BCUT2D eigenvalue weighted by Gasteiger charge is 2.46. The third-order valence-electron chi connectivity index (χ3n) is 4.88. The number of primary sulfonamides is 1. The molecule has 1 atom stereocenters. The number of nitrogens with two attached hydrogens (primary N) is 1. The number of aliphatic hydroxyl groups is 1. The van der Waals surface area contributed by atoms with E-state index >= 15 is 0 Å². The standard InChI is InChI=1S/C21H22N2O8S/c1-4-31-21(26)17-18(15-10-7-13(29-2)11-16(15)30-3)23(20(25)19(17)24)12-5-8-14(9-6-12)32(22,27)28/h5-11,18,24H,4H2,1-3H3,(H2,22,27,28)/t18-/m0/s1. The number of carbonyl (C=O) groups is 2. The van der Waals surface area contributed by atoms with Gasteiger partial charge in [0.1, 0.15) is 23.1 Å². The van der Waals surface area contributed by atoms with Crippen molar-refractivity contribution < 1.29 is 37.3 Å². The maximum Gasteiger partial charge on any atom is 0.340 e. The molecule has 170 valence electrons. The zero-order chi connectivity index (χ0) is 23.6. The number of sulfonamides is 1. The predicted octanol–water partition coefficient (Wildman–Crippen LogP) is 1.81. The smallest absolute Gasteiger partial charge is 0.340 e. The van der Waals surface area contributed by atoms with Crippen molar-refractivity contribution in [2.45, 2.75) is 17.9 Å². The fourth-order valence-electron chi connectivity index (χ4n) is 3.42. The van der Waals surface area contributed by atoms with E-state index in [-0.39, 0.29) is 22.8 Å². The first-order valence-corrected chi connectivity index (χ1v) is 11.0. The van der Waals surface area contributed by atoms with Gasteiger partial charge in [-0.1, -0.05) is 0 Å². The monoisotopic (exact) mass is 462 g/mol. The Bertz CT molecular complexity index is 1190. The number of carbonyl (C=O) groups excluding carboxylic acids is 2. The molecule has 2 aromatic rings. The molecule has 0 bridgehead atoms. The van der Waals surface area contributed by atoms with Crippen LogP contribution in [0.15, 0.2) is 58.7 Å². The van der Waals surface area contributed by atoms with E-state index in [4.69, 9.17) is 19.3 Å². The molecule has 32 heavy (non-hydrogen) atoms. The first-order valence-electron chi connectivity index (χ1n) is 9.42. The molecule has 3 rings (SSSR count). The van der Waals surface area contributed by atoms with E-state index in [0.717, 1.165) is 4.90 Å². The minimum atomic E-state index is -3.95. The molecule has 0 aromatic heterocycles. The van der Waals surface area contributed by atoms with Crippen LogP contribution in [0.5, 0.6) is 11.5 Å². The van der Waals surface area contributed by atoms with Crippen LogP contribution in [0.1, 0.15) is 18.5 Å². The number of amides is 1.